The molecule has 0 aromatic heterocycles. The maximum absolute atomic E-state index is 13.2. The van der Waals surface area contributed by atoms with Gasteiger partial charge in [0.2, 0.25) is 5.91 Å². The number of carbonyl (C=O) groups excluding carboxylic acids is 1. The zero-order valence-corrected chi connectivity index (χ0v) is 16.5. The zero-order valence-electron chi connectivity index (χ0n) is 15.7. The molecule has 1 N–H and O–H groups in total. The Morgan fingerprint density at radius 2 is 1.73 bits per heavy atom. The second-order valence-corrected chi connectivity index (χ2v) is 8.33. The molecule has 1 amide bonds. The van der Waals surface area contributed by atoms with E-state index in [4.69, 9.17) is 0 Å². The van der Waals surface area contributed by atoms with E-state index in [-0.39, 0.29) is 23.4 Å². The molecule has 0 saturated heterocycles. The topological polar surface area (TPSA) is 66.5 Å². The predicted molar refractivity (Wildman–Crippen MR) is 105 cm³/mol. The van der Waals surface area contributed by atoms with Crippen molar-refractivity contribution < 1.29 is 13.2 Å². The SMILES string of the molecule is CC[C@@H](C)NC(=O)CN(c1ccc(C)c(C)c1)S(=O)(=O)c1ccccc1. The highest BCUT2D eigenvalue weighted by Crippen LogP contribution is 2.25. The number of nitrogens with one attached hydrogen (secondary N) is 1. The van der Waals surface area contributed by atoms with E-state index in [0.717, 1.165) is 17.5 Å². The molecule has 0 saturated carbocycles. The Labute approximate surface area is 156 Å². The number of benzene rings is 2. The van der Waals surface area contributed by atoms with Crippen molar-refractivity contribution in [3.05, 3.63) is 59.7 Å². The van der Waals surface area contributed by atoms with Crippen LogP contribution < -0.4 is 9.62 Å². The van der Waals surface area contributed by atoms with Gasteiger partial charge in [-0.15, -0.1) is 0 Å². The Balaban J connectivity index is 2.44. The van der Waals surface area contributed by atoms with Crippen LogP contribution in [0.2, 0.25) is 0 Å². The summed E-state index contributed by atoms with van der Waals surface area (Å²) < 4.78 is 27.5. The monoisotopic (exact) mass is 374 g/mol. The molecule has 0 spiro atoms. The van der Waals surface area contributed by atoms with Gasteiger partial charge in [0.15, 0.2) is 0 Å². The molecule has 6 heteroatoms. The van der Waals surface area contributed by atoms with E-state index in [2.05, 4.69) is 5.32 Å². The fraction of sp³-hybridized carbons (Fsp3) is 0.350. The highest BCUT2D eigenvalue weighted by Gasteiger charge is 2.27. The summed E-state index contributed by atoms with van der Waals surface area (Å²) in [4.78, 5) is 12.6. The number of hydrogen-bond acceptors (Lipinski definition) is 3. The van der Waals surface area contributed by atoms with E-state index in [1.807, 2.05) is 33.8 Å². The van der Waals surface area contributed by atoms with Gasteiger partial charge in [-0.3, -0.25) is 9.10 Å². The molecule has 0 aliphatic rings. The second-order valence-electron chi connectivity index (χ2n) is 6.47. The maximum atomic E-state index is 13.2. The third-order valence-electron chi connectivity index (χ3n) is 4.42. The molecule has 0 aliphatic heterocycles. The lowest BCUT2D eigenvalue weighted by molar-refractivity contribution is -0.120. The van der Waals surface area contributed by atoms with Crippen molar-refractivity contribution in [2.75, 3.05) is 10.8 Å². The van der Waals surface area contributed by atoms with Crippen LogP contribution in [0.4, 0.5) is 5.69 Å². The Morgan fingerprint density at radius 3 is 2.31 bits per heavy atom. The molecule has 2 aromatic rings. The van der Waals surface area contributed by atoms with Crippen molar-refractivity contribution in [3.8, 4) is 0 Å². The number of rotatable bonds is 7. The standard InChI is InChI=1S/C20H26N2O3S/c1-5-17(4)21-20(23)14-22(18-12-11-15(2)16(3)13-18)26(24,25)19-9-7-6-8-10-19/h6-13,17H,5,14H2,1-4H3,(H,21,23)/t17-/m1/s1. The summed E-state index contributed by atoms with van der Waals surface area (Å²) in [5.74, 6) is -0.322. The van der Waals surface area contributed by atoms with E-state index in [0.29, 0.717) is 5.69 Å². The number of nitrogens with zero attached hydrogens (tertiary/aromatic N) is 1. The lowest BCUT2D eigenvalue weighted by Gasteiger charge is -2.25. The van der Waals surface area contributed by atoms with Crippen LogP contribution in [0.15, 0.2) is 53.4 Å². The molecule has 0 radical (unpaired) electrons. The molecule has 140 valence electrons. The van der Waals surface area contributed by atoms with E-state index < -0.39 is 10.0 Å². The van der Waals surface area contributed by atoms with Gasteiger partial charge in [0.25, 0.3) is 10.0 Å². The van der Waals surface area contributed by atoms with Gasteiger partial charge in [-0.25, -0.2) is 8.42 Å². The van der Waals surface area contributed by atoms with E-state index in [1.165, 1.54) is 16.4 Å². The van der Waals surface area contributed by atoms with Crippen LogP contribution in [0.1, 0.15) is 31.4 Å². The van der Waals surface area contributed by atoms with E-state index in [1.54, 1.807) is 30.3 Å². The van der Waals surface area contributed by atoms with Crippen molar-refractivity contribution in [3.63, 3.8) is 0 Å². The molecule has 5 nitrogen and oxygen atoms in total. The minimum atomic E-state index is -3.85. The third kappa shape index (κ3) is 4.64. The van der Waals surface area contributed by atoms with E-state index >= 15 is 0 Å². The Morgan fingerprint density at radius 1 is 1.08 bits per heavy atom. The van der Waals surface area contributed by atoms with E-state index in [9.17, 15) is 13.2 Å². The van der Waals surface area contributed by atoms with Crippen LogP contribution in [0.3, 0.4) is 0 Å². The van der Waals surface area contributed by atoms with Crippen molar-refractivity contribution in [1.29, 1.82) is 0 Å². The van der Waals surface area contributed by atoms with Crippen LogP contribution in [0, 0.1) is 13.8 Å². The Kier molecular flexibility index (Phi) is 6.42. The molecule has 26 heavy (non-hydrogen) atoms. The molecule has 0 fully saturated rings. The molecule has 2 rings (SSSR count). The highest BCUT2D eigenvalue weighted by atomic mass is 32.2. The summed E-state index contributed by atoms with van der Waals surface area (Å²) >= 11 is 0. The van der Waals surface area contributed by atoms with Gasteiger partial charge in [-0.05, 0) is 62.6 Å². The smallest absolute Gasteiger partial charge is 0.264 e. The summed E-state index contributed by atoms with van der Waals surface area (Å²) in [7, 11) is -3.85. The highest BCUT2D eigenvalue weighted by molar-refractivity contribution is 7.92. The first-order valence-electron chi connectivity index (χ1n) is 8.70. The summed E-state index contributed by atoms with van der Waals surface area (Å²) in [6, 6.07) is 13.6. The summed E-state index contributed by atoms with van der Waals surface area (Å²) in [6.45, 7) is 7.48. The van der Waals surface area contributed by atoms with Crippen molar-refractivity contribution in [2.45, 2.75) is 45.1 Å². The number of amides is 1. The number of carbonyl (C=O) groups is 1. The molecule has 0 aliphatic carbocycles. The zero-order chi connectivity index (χ0) is 19.3. The largest absolute Gasteiger partial charge is 0.352 e. The summed E-state index contributed by atoms with van der Waals surface area (Å²) in [5, 5.41) is 2.83. The first kappa shape index (κ1) is 20.0. The van der Waals surface area contributed by atoms with Gasteiger partial charge >= 0.3 is 0 Å². The lowest BCUT2D eigenvalue weighted by Crippen LogP contribution is -2.43. The Bertz CT molecular complexity index is 864. The molecule has 2 aromatic carbocycles. The number of sulfonamides is 1. The number of hydrogen-bond donors (Lipinski definition) is 1. The molecular formula is C20H26N2O3S. The fourth-order valence-electron chi connectivity index (χ4n) is 2.47. The quantitative estimate of drug-likeness (QED) is 0.808. The van der Waals surface area contributed by atoms with Crippen molar-refractivity contribution >= 4 is 21.6 Å². The van der Waals surface area contributed by atoms with Gasteiger partial charge in [0.1, 0.15) is 6.54 Å². The number of anilines is 1. The first-order valence-corrected chi connectivity index (χ1v) is 10.1. The number of aryl methyl sites for hydroxylation is 2. The second kappa shape index (κ2) is 8.36. The minimum Gasteiger partial charge on any atom is -0.352 e. The summed E-state index contributed by atoms with van der Waals surface area (Å²) in [6.07, 6.45) is 0.779. The molecular weight excluding hydrogens is 348 g/mol. The Hall–Kier alpha value is -2.34. The average Bonchev–Trinajstić information content (AvgIpc) is 2.62. The maximum Gasteiger partial charge on any atom is 0.264 e. The summed E-state index contributed by atoms with van der Waals surface area (Å²) in [5.41, 5.74) is 2.52. The van der Waals surface area contributed by atoms with Gasteiger partial charge in [-0.1, -0.05) is 31.2 Å². The fourth-order valence-corrected chi connectivity index (χ4v) is 3.90. The van der Waals surface area contributed by atoms with Crippen LogP contribution in [-0.2, 0) is 14.8 Å². The van der Waals surface area contributed by atoms with Crippen molar-refractivity contribution in [2.24, 2.45) is 0 Å². The van der Waals surface area contributed by atoms with Crippen molar-refractivity contribution in [1.82, 2.24) is 5.32 Å². The van der Waals surface area contributed by atoms with Crippen LogP contribution in [-0.4, -0.2) is 26.9 Å². The molecule has 1 atom stereocenters. The van der Waals surface area contributed by atoms with Crippen LogP contribution >= 0.6 is 0 Å². The van der Waals surface area contributed by atoms with Gasteiger partial charge < -0.3 is 5.32 Å². The molecule has 0 unspecified atom stereocenters. The molecule has 0 bridgehead atoms. The van der Waals surface area contributed by atoms with Gasteiger partial charge in [-0.2, -0.15) is 0 Å². The third-order valence-corrected chi connectivity index (χ3v) is 6.20. The van der Waals surface area contributed by atoms with Gasteiger partial charge in [0, 0.05) is 6.04 Å². The lowest BCUT2D eigenvalue weighted by atomic mass is 10.1. The first-order chi connectivity index (χ1) is 12.3. The normalized spacial score (nSPS) is 12.5. The minimum absolute atomic E-state index is 0.0106. The van der Waals surface area contributed by atoms with Gasteiger partial charge in [0.05, 0.1) is 10.6 Å². The van der Waals surface area contributed by atoms with Crippen LogP contribution in [0.5, 0.6) is 0 Å². The van der Waals surface area contributed by atoms with Crippen LogP contribution in [0.25, 0.3) is 0 Å². The average molecular weight is 375 g/mol. The predicted octanol–water partition coefficient (Wildman–Crippen LogP) is 3.41. The molecule has 0 heterocycles.